The Kier molecular flexibility index (Phi) is 4.97. The molecule has 0 saturated heterocycles. The summed E-state index contributed by atoms with van der Waals surface area (Å²) >= 11 is 1.57. The van der Waals surface area contributed by atoms with Crippen molar-refractivity contribution in [1.29, 1.82) is 0 Å². The lowest BCUT2D eigenvalue weighted by Gasteiger charge is -2.21. The third-order valence-electron chi connectivity index (χ3n) is 4.82. The molecule has 4 aromatic rings. The van der Waals surface area contributed by atoms with Crippen molar-refractivity contribution in [2.24, 2.45) is 0 Å². The molecule has 1 amide bonds. The minimum atomic E-state index is -0.0131. The molecule has 0 saturated carbocycles. The first kappa shape index (κ1) is 18.4. The number of nitrogens with zero attached hydrogens (tertiary/aromatic N) is 2. The molecule has 0 aliphatic carbocycles. The van der Waals surface area contributed by atoms with Crippen molar-refractivity contribution >= 4 is 32.6 Å². The number of anilines is 1. The molecule has 3 nitrogen and oxygen atoms in total. The van der Waals surface area contributed by atoms with Gasteiger partial charge in [0.25, 0.3) is 5.91 Å². The van der Waals surface area contributed by atoms with Crippen LogP contribution in [0.1, 0.15) is 32.6 Å². The van der Waals surface area contributed by atoms with Gasteiger partial charge in [0.15, 0.2) is 5.13 Å². The SMILES string of the molecule is Cc1ccc(C)c(C(=O)N(Cc2ccccc2)c2nc3ccc(C)cc3s2)c1. The van der Waals surface area contributed by atoms with E-state index in [0.717, 1.165) is 37.6 Å². The van der Waals surface area contributed by atoms with Crippen molar-refractivity contribution in [3.05, 3.63) is 94.5 Å². The number of aromatic nitrogens is 1. The van der Waals surface area contributed by atoms with Crippen LogP contribution in [0.15, 0.2) is 66.7 Å². The quantitative estimate of drug-likeness (QED) is 0.426. The Labute approximate surface area is 169 Å². The first-order valence-corrected chi connectivity index (χ1v) is 10.1. The highest BCUT2D eigenvalue weighted by atomic mass is 32.1. The van der Waals surface area contributed by atoms with Crippen molar-refractivity contribution < 1.29 is 4.79 Å². The van der Waals surface area contributed by atoms with E-state index in [9.17, 15) is 4.79 Å². The third-order valence-corrected chi connectivity index (χ3v) is 5.86. The molecule has 0 fully saturated rings. The zero-order chi connectivity index (χ0) is 19.7. The van der Waals surface area contributed by atoms with Crippen molar-refractivity contribution in [1.82, 2.24) is 4.98 Å². The lowest BCUT2D eigenvalue weighted by Crippen LogP contribution is -2.31. The maximum absolute atomic E-state index is 13.6. The normalized spacial score (nSPS) is 11.0. The Hall–Kier alpha value is -2.98. The zero-order valence-corrected chi connectivity index (χ0v) is 17.1. The molecule has 0 spiro atoms. The summed E-state index contributed by atoms with van der Waals surface area (Å²) < 4.78 is 1.10. The second-order valence-corrected chi connectivity index (χ2v) is 8.17. The van der Waals surface area contributed by atoms with Gasteiger partial charge in [-0.1, -0.05) is 65.4 Å². The molecule has 0 N–H and O–H groups in total. The summed E-state index contributed by atoms with van der Waals surface area (Å²) in [6.45, 7) is 6.56. The number of aryl methyl sites for hydroxylation is 3. The second-order valence-electron chi connectivity index (χ2n) is 7.16. The van der Waals surface area contributed by atoms with Crippen LogP contribution in [-0.4, -0.2) is 10.9 Å². The Morgan fingerprint density at radius 2 is 1.64 bits per heavy atom. The number of carbonyl (C=O) groups excluding carboxylic acids is 1. The Morgan fingerprint density at radius 1 is 0.929 bits per heavy atom. The van der Waals surface area contributed by atoms with Crippen LogP contribution in [0.2, 0.25) is 0 Å². The van der Waals surface area contributed by atoms with Crippen LogP contribution < -0.4 is 4.90 Å². The molecule has 140 valence electrons. The van der Waals surface area contributed by atoms with Gasteiger partial charge in [-0.3, -0.25) is 9.69 Å². The number of rotatable bonds is 4. The molecule has 0 bridgehead atoms. The van der Waals surface area contributed by atoms with E-state index in [1.807, 2.05) is 68.4 Å². The van der Waals surface area contributed by atoms with Crippen LogP contribution in [-0.2, 0) is 6.54 Å². The Morgan fingerprint density at radius 3 is 2.43 bits per heavy atom. The van der Waals surface area contributed by atoms with Crippen LogP contribution in [0.25, 0.3) is 10.2 Å². The average molecular weight is 387 g/mol. The zero-order valence-electron chi connectivity index (χ0n) is 16.3. The van der Waals surface area contributed by atoms with E-state index >= 15 is 0 Å². The van der Waals surface area contributed by atoms with Gasteiger partial charge >= 0.3 is 0 Å². The monoisotopic (exact) mass is 386 g/mol. The van der Waals surface area contributed by atoms with Gasteiger partial charge in [-0.25, -0.2) is 4.98 Å². The van der Waals surface area contributed by atoms with Crippen molar-refractivity contribution in [2.75, 3.05) is 4.90 Å². The first-order chi connectivity index (χ1) is 13.5. The highest BCUT2D eigenvalue weighted by Gasteiger charge is 2.23. The number of carbonyl (C=O) groups is 1. The van der Waals surface area contributed by atoms with Gasteiger partial charge in [-0.05, 0) is 55.7 Å². The van der Waals surface area contributed by atoms with E-state index in [1.54, 1.807) is 16.2 Å². The molecule has 28 heavy (non-hydrogen) atoms. The van der Waals surface area contributed by atoms with E-state index in [1.165, 1.54) is 5.56 Å². The highest BCUT2D eigenvalue weighted by molar-refractivity contribution is 7.22. The topological polar surface area (TPSA) is 33.2 Å². The molecule has 1 heterocycles. The largest absolute Gasteiger partial charge is 0.279 e. The Bertz CT molecular complexity index is 1150. The number of thiazole rings is 1. The van der Waals surface area contributed by atoms with Crippen LogP contribution in [0.3, 0.4) is 0 Å². The van der Waals surface area contributed by atoms with Crippen molar-refractivity contribution in [2.45, 2.75) is 27.3 Å². The van der Waals surface area contributed by atoms with Crippen LogP contribution >= 0.6 is 11.3 Å². The fourth-order valence-corrected chi connectivity index (χ4v) is 4.30. The minimum absolute atomic E-state index is 0.0131. The van der Waals surface area contributed by atoms with Gasteiger partial charge in [0.1, 0.15) is 0 Å². The third kappa shape index (κ3) is 3.69. The van der Waals surface area contributed by atoms with E-state index in [0.29, 0.717) is 6.54 Å². The summed E-state index contributed by atoms with van der Waals surface area (Å²) in [7, 11) is 0. The van der Waals surface area contributed by atoms with E-state index in [2.05, 4.69) is 19.1 Å². The maximum Gasteiger partial charge on any atom is 0.260 e. The fraction of sp³-hybridized carbons (Fsp3) is 0.167. The molecule has 4 heteroatoms. The fourth-order valence-electron chi connectivity index (χ4n) is 3.24. The van der Waals surface area contributed by atoms with Crippen LogP contribution in [0.5, 0.6) is 0 Å². The number of hydrogen-bond acceptors (Lipinski definition) is 3. The summed E-state index contributed by atoms with van der Waals surface area (Å²) in [5, 5.41) is 0.732. The van der Waals surface area contributed by atoms with Gasteiger partial charge < -0.3 is 0 Å². The predicted octanol–water partition coefficient (Wildman–Crippen LogP) is 6.07. The van der Waals surface area contributed by atoms with Gasteiger partial charge in [-0.15, -0.1) is 0 Å². The van der Waals surface area contributed by atoms with Crippen LogP contribution in [0.4, 0.5) is 5.13 Å². The number of benzene rings is 3. The van der Waals surface area contributed by atoms with E-state index in [-0.39, 0.29) is 5.91 Å². The molecule has 0 atom stereocenters. The average Bonchev–Trinajstić information content (AvgIpc) is 3.11. The van der Waals surface area contributed by atoms with Crippen molar-refractivity contribution in [3.8, 4) is 0 Å². The summed E-state index contributed by atoms with van der Waals surface area (Å²) in [6, 6.07) is 22.3. The molecular weight excluding hydrogens is 364 g/mol. The lowest BCUT2D eigenvalue weighted by atomic mass is 10.0. The molecule has 0 aliphatic rings. The molecule has 0 unspecified atom stereocenters. The summed E-state index contributed by atoms with van der Waals surface area (Å²) in [5.74, 6) is -0.0131. The number of fused-ring (bicyclic) bond motifs is 1. The Balaban J connectivity index is 1.80. The standard InChI is InChI=1S/C24H22N2OS/c1-16-9-11-18(3)20(13-16)23(27)26(15-19-7-5-4-6-8-19)24-25-21-12-10-17(2)14-22(21)28-24/h4-14H,15H2,1-3H3. The van der Waals surface area contributed by atoms with Gasteiger partial charge in [0.05, 0.1) is 16.8 Å². The summed E-state index contributed by atoms with van der Waals surface area (Å²) in [6.07, 6.45) is 0. The number of amides is 1. The summed E-state index contributed by atoms with van der Waals surface area (Å²) in [5.41, 5.74) is 5.98. The highest BCUT2D eigenvalue weighted by Crippen LogP contribution is 2.32. The first-order valence-electron chi connectivity index (χ1n) is 9.31. The number of hydrogen-bond donors (Lipinski definition) is 0. The van der Waals surface area contributed by atoms with Crippen LogP contribution in [0, 0.1) is 20.8 Å². The smallest absolute Gasteiger partial charge is 0.260 e. The maximum atomic E-state index is 13.6. The van der Waals surface area contributed by atoms with Gasteiger partial charge in [-0.2, -0.15) is 0 Å². The molecule has 1 aromatic heterocycles. The molecule has 0 radical (unpaired) electrons. The predicted molar refractivity (Wildman–Crippen MR) is 117 cm³/mol. The molecular formula is C24H22N2OS. The molecule has 3 aromatic carbocycles. The summed E-state index contributed by atoms with van der Waals surface area (Å²) in [4.78, 5) is 20.1. The van der Waals surface area contributed by atoms with E-state index < -0.39 is 0 Å². The second kappa shape index (κ2) is 7.56. The van der Waals surface area contributed by atoms with E-state index in [4.69, 9.17) is 4.98 Å². The minimum Gasteiger partial charge on any atom is -0.279 e. The van der Waals surface area contributed by atoms with Gasteiger partial charge in [0.2, 0.25) is 0 Å². The van der Waals surface area contributed by atoms with Crippen molar-refractivity contribution in [3.63, 3.8) is 0 Å². The lowest BCUT2D eigenvalue weighted by molar-refractivity contribution is 0.0984. The molecule has 4 rings (SSSR count). The molecule has 0 aliphatic heterocycles. The van der Waals surface area contributed by atoms with Gasteiger partial charge in [0, 0.05) is 5.56 Å².